The second-order valence-corrected chi connectivity index (χ2v) is 6.47. The van der Waals surface area contributed by atoms with E-state index in [2.05, 4.69) is 0 Å². The van der Waals surface area contributed by atoms with Gasteiger partial charge < -0.3 is 0 Å². The van der Waals surface area contributed by atoms with Gasteiger partial charge in [0.05, 0.1) is 0 Å². The smallest absolute Gasteiger partial charge is 0.161 e. The molecule has 0 saturated heterocycles. The summed E-state index contributed by atoms with van der Waals surface area (Å²) < 4.78 is 0. The van der Waals surface area contributed by atoms with Crippen molar-refractivity contribution in [1.82, 2.24) is 0 Å². The van der Waals surface area contributed by atoms with Crippen molar-refractivity contribution < 1.29 is 14.4 Å². The number of rotatable bonds is 3. The third-order valence-electron chi connectivity index (χ3n) is 4.87. The molecular weight excluding hydrogens is 312 g/mol. The summed E-state index contributed by atoms with van der Waals surface area (Å²) in [5, 5.41) is 5.49. The van der Waals surface area contributed by atoms with Crippen LogP contribution >= 0.6 is 0 Å². The van der Waals surface area contributed by atoms with Crippen molar-refractivity contribution in [3.05, 3.63) is 59.2 Å². The van der Waals surface area contributed by atoms with E-state index in [0.717, 1.165) is 32.3 Å². The molecule has 0 saturated carbocycles. The molecule has 3 heteroatoms. The Morgan fingerprint density at radius 3 is 1.40 bits per heavy atom. The monoisotopic (exact) mass is 328 g/mol. The minimum Gasteiger partial charge on any atom is -0.294 e. The van der Waals surface area contributed by atoms with Gasteiger partial charge >= 0.3 is 0 Å². The zero-order valence-electron chi connectivity index (χ0n) is 14.3. The summed E-state index contributed by atoms with van der Waals surface area (Å²) in [4.78, 5) is 37.2. The topological polar surface area (TPSA) is 51.2 Å². The number of hydrogen-bond acceptors (Lipinski definition) is 3. The van der Waals surface area contributed by atoms with Crippen molar-refractivity contribution in [2.24, 2.45) is 0 Å². The lowest BCUT2D eigenvalue weighted by molar-refractivity contribution is 0.0970. The first-order valence-corrected chi connectivity index (χ1v) is 8.18. The maximum atomic E-state index is 12.4. The molecule has 0 unspecified atom stereocenters. The number of benzene rings is 4. The lowest BCUT2D eigenvalue weighted by atomic mass is 9.82. The van der Waals surface area contributed by atoms with Gasteiger partial charge in [0, 0.05) is 16.7 Å². The van der Waals surface area contributed by atoms with E-state index in [1.165, 1.54) is 20.8 Å². The molecule has 0 aliphatic rings. The van der Waals surface area contributed by atoms with Crippen LogP contribution in [0.25, 0.3) is 32.3 Å². The molecule has 25 heavy (non-hydrogen) atoms. The second-order valence-electron chi connectivity index (χ2n) is 6.47. The zero-order chi connectivity index (χ0) is 17.9. The van der Waals surface area contributed by atoms with Crippen LogP contribution in [0, 0.1) is 0 Å². The Hall–Kier alpha value is -3.07. The molecule has 0 aromatic heterocycles. The van der Waals surface area contributed by atoms with Gasteiger partial charge in [-0.05, 0) is 53.1 Å². The highest BCUT2D eigenvalue weighted by Gasteiger charge is 2.26. The molecule has 0 amide bonds. The number of carbonyl (C=O) groups is 3. The fourth-order valence-corrected chi connectivity index (χ4v) is 3.98. The van der Waals surface area contributed by atoms with Crippen LogP contribution in [0.2, 0.25) is 0 Å². The van der Waals surface area contributed by atoms with Crippen molar-refractivity contribution in [2.45, 2.75) is 20.8 Å². The highest BCUT2D eigenvalue weighted by atomic mass is 16.1. The molecule has 0 fully saturated rings. The molecule has 3 nitrogen and oxygen atoms in total. The molecule has 4 aromatic rings. The van der Waals surface area contributed by atoms with E-state index >= 15 is 0 Å². The Labute approximate surface area is 144 Å². The first-order chi connectivity index (χ1) is 11.9. The molecular formula is C22H16O3. The van der Waals surface area contributed by atoms with Crippen molar-refractivity contribution in [3.63, 3.8) is 0 Å². The van der Waals surface area contributed by atoms with E-state index in [9.17, 15) is 14.4 Å². The molecule has 122 valence electrons. The first-order valence-electron chi connectivity index (χ1n) is 8.18. The van der Waals surface area contributed by atoms with Crippen LogP contribution in [0.1, 0.15) is 51.8 Å². The third kappa shape index (κ3) is 2.02. The van der Waals surface area contributed by atoms with Crippen LogP contribution in [0.5, 0.6) is 0 Å². The Bertz CT molecular complexity index is 1130. The first kappa shape index (κ1) is 15.5. The maximum absolute atomic E-state index is 12.4. The van der Waals surface area contributed by atoms with Gasteiger partial charge in [0.25, 0.3) is 0 Å². The Morgan fingerprint density at radius 1 is 0.560 bits per heavy atom. The van der Waals surface area contributed by atoms with E-state index in [-0.39, 0.29) is 22.9 Å². The SMILES string of the molecule is CC(=O)c1c(C(C)=O)c2ccc3cccc4ccc(c1C(C)=O)c2c34. The average Bonchev–Trinajstić information content (AvgIpc) is 2.57. The summed E-state index contributed by atoms with van der Waals surface area (Å²) in [6.07, 6.45) is 0. The maximum Gasteiger partial charge on any atom is 0.161 e. The highest BCUT2D eigenvalue weighted by Crippen LogP contribution is 2.40. The zero-order valence-corrected chi connectivity index (χ0v) is 14.3. The molecule has 0 radical (unpaired) electrons. The largest absolute Gasteiger partial charge is 0.294 e. The molecule has 4 rings (SSSR count). The minimum atomic E-state index is -0.263. The molecule has 0 aliphatic heterocycles. The van der Waals surface area contributed by atoms with Gasteiger partial charge in [-0.2, -0.15) is 0 Å². The van der Waals surface area contributed by atoms with Crippen molar-refractivity contribution >= 4 is 49.7 Å². The van der Waals surface area contributed by atoms with E-state index in [4.69, 9.17) is 0 Å². The van der Waals surface area contributed by atoms with Crippen molar-refractivity contribution in [3.8, 4) is 0 Å². The summed E-state index contributed by atoms with van der Waals surface area (Å²) in [6.45, 7) is 4.30. The molecule has 0 spiro atoms. The van der Waals surface area contributed by atoms with Gasteiger partial charge in [-0.3, -0.25) is 14.4 Å². The average molecular weight is 328 g/mol. The van der Waals surface area contributed by atoms with E-state index in [1.807, 2.05) is 42.5 Å². The predicted octanol–water partition coefficient (Wildman–Crippen LogP) is 5.19. The minimum absolute atomic E-state index is 0.203. The quantitative estimate of drug-likeness (QED) is 0.384. The van der Waals surface area contributed by atoms with Gasteiger partial charge in [-0.1, -0.05) is 42.5 Å². The Kier molecular flexibility index (Phi) is 3.22. The molecule has 0 N–H and O–H groups in total. The molecule has 0 bridgehead atoms. The lowest BCUT2D eigenvalue weighted by Gasteiger charge is -2.19. The fourth-order valence-electron chi connectivity index (χ4n) is 3.98. The number of ketones is 3. The molecule has 0 atom stereocenters. The Morgan fingerprint density at radius 2 is 1.00 bits per heavy atom. The number of hydrogen-bond donors (Lipinski definition) is 0. The Balaban J connectivity index is 2.44. The predicted molar refractivity (Wildman–Crippen MR) is 100 cm³/mol. The fraction of sp³-hybridized carbons (Fsp3) is 0.136. The van der Waals surface area contributed by atoms with E-state index in [1.54, 1.807) is 0 Å². The number of carbonyl (C=O) groups excluding carboxylic acids is 3. The normalized spacial score (nSPS) is 11.5. The van der Waals surface area contributed by atoms with Gasteiger partial charge in [-0.25, -0.2) is 0 Å². The van der Waals surface area contributed by atoms with Crippen molar-refractivity contribution in [2.75, 3.05) is 0 Å². The summed E-state index contributed by atoms with van der Waals surface area (Å²) >= 11 is 0. The summed E-state index contributed by atoms with van der Waals surface area (Å²) in [5.74, 6) is -0.669. The van der Waals surface area contributed by atoms with Gasteiger partial charge in [0.2, 0.25) is 0 Å². The van der Waals surface area contributed by atoms with Crippen LogP contribution in [0.3, 0.4) is 0 Å². The summed E-state index contributed by atoms with van der Waals surface area (Å²) in [5.41, 5.74) is 0.942. The third-order valence-corrected chi connectivity index (χ3v) is 4.87. The highest BCUT2D eigenvalue weighted by molar-refractivity contribution is 6.33. The van der Waals surface area contributed by atoms with E-state index < -0.39 is 0 Å². The van der Waals surface area contributed by atoms with Crippen LogP contribution in [0.15, 0.2) is 42.5 Å². The summed E-state index contributed by atoms with van der Waals surface area (Å²) in [6, 6.07) is 13.7. The van der Waals surface area contributed by atoms with Gasteiger partial charge in [-0.15, -0.1) is 0 Å². The standard InChI is InChI=1S/C22H16O3/c1-11(23)18-16-9-7-14-5-4-6-15-8-10-17(22(16)21(14)15)19(12(2)24)20(18)13(3)25/h4-10H,1-3H3. The van der Waals surface area contributed by atoms with Crippen molar-refractivity contribution in [1.29, 1.82) is 0 Å². The summed E-state index contributed by atoms with van der Waals surface area (Å²) in [7, 11) is 0. The van der Waals surface area contributed by atoms with Crippen LogP contribution < -0.4 is 0 Å². The molecule has 0 aliphatic carbocycles. The van der Waals surface area contributed by atoms with Crippen LogP contribution in [0.4, 0.5) is 0 Å². The van der Waals surface area contributed by atoms with Gasteiger partial charge in [0.1, 0.15) is 0 Å². The van der Waals surface area contributed by atoms with Gasteiger partial charge in [0.15, 0.2) is 17.3 Å². The van der Waals surface area contributed by atoms with Crippen LogP contribution in [-0.2, 0) is 0 Å². The van der Waals surface area contributed by atoms with E-state index in [0.29, 0.717) is 11.1 Å². The lowest BCUT2D eigenvalue weighted by Crippen LogP contribution is -2.13. The van der Waals surface area contributed by atoms with Crippen LogP contribution in [-0.4, -0.2) is 17.3 Å². The molecule has 0 heterocycles. The molecule has 4 aromatic carbocycles. The second kappa shape index (κ2) is 5.21. The number of Topliss-reactive ketones (excluding diaryl/α,β-unsaturated/α-hetero) is 3.